The lowest BCUT2D eigenvalue weighted by Gasteiger charge is -2.26. The first-order valence-corrected chi connectivity index (χ1v) is 13.1. The molecule has 0 radical (unpaired) electrons. The second-order valence-electron chi connectivity index (χ2n) is 9.56. The third-order valence-corrected chi connectivity index (χ3v) is 8.54. The lowest BCUT2D eigenvalue weighted by molar-refractivity contribution is -0.133. The van der Waals surface area contributed by atoms with Crippen LogP contribution >= 0.6 is 23.3 Å². The van der Waals surface area contributed by atoms with Crippen LogP contribution in [0.1, 0.15) is 50.2 Å². The van der Waals surface area contributed by atoms with Crippen LogP contribution in [-0.2, 0) is 10.2 Å². The highest BCUT2D eigenvalue weighted by Crippen LogP contribution is 2.37. The number of aromatic nitrogens is 3. The minimum Gasteiger partial charge on any atom is -0.496 e. The molecule has 0 saturated heterocycles. The molecular formula is C24H33N5O3S2. The van der Waals surface area contributed by atoms with Crippen molar-refractivity contribution in [1.82, 2.24) is 24.2 Å². The van der Waals surface area contributed by atoms with E-state index in [-0.39, 0.29) is 12.0 Å². The zero-order chi connectivity index (χ0) is 24.6. The summed E-state index contributed by atoms with van der Waals surface area (Å²) in [6.07, 6.45) is 3.42. The second kappa shape index (κ2) is 9.85. The monoisotopic (exact) mass is 503 g/mol. The molecule has 1 fully saturated rings. The first-order valence-electron chi connectivity index (χ1n) is 11.5. The number of aryl methyl sites for hydroxylation is 1. The van der Waals surface area contributed by atoms with Gasteiger partial charge in [-0.3, -0.25) is 9.52 Å². The maximum Gasteiger partial charge on any atom is 0.234 e. The van der Waals surface area contributed by atoms with E-state index in [9.17, 15) is 9.90 Å². The zero-order valence-electron chi connectivity index (χ0n) is 20.6. The number of aliphatic hydroxyl groups is 1. The molecule has 0 bridgehead atoms. The number of carbonyl (C=O) groups excluding carboxylic acids is 1. The Kier molecular flexibility index (Phi) is 7.23. The quantitative estimate of drug-likeness (QED) is 0.470. The van der Waals surface area contributed by atoms with Crippen molar-refractivity contribution in [2.75, 3.05) is 21.2 Å². The Morgan fingerprint density at radius 1 is 1.29 bits per heavy atom. The number of aliphatic hydroxyl groups excluding tert-OH is 1. The van der Waals surface area contributed by atoms with E-state index in [2.05, 4.69) is 10.8 Å². The third-order valence-electron chi connectivity index (χ3n) is 6.32. The van der Waals surface area contributed by atoms with Gasteiger partial charge < -0.3 is 14.7 Å². The van der Waals surface area contributed by atoms with E-state index in [1.807, 2.05) is 37.4 Å². The van der Waals surface area contributed by atoms with Gasteiger partial charge in [0.2, 0.25) is 10.9 Å². The maximum atomic E-state index is 12.7. The van der Waals surface area contributed by atoms with Crippen LogP contribution in [0.4, 0.5) is 0 Å². The van der Waals surface area contributed by atoms with Gasteiger partial charge in [-0.1, -0.05) is 11.3 Å². The first-order chi connectivity index (χ1) is 16.1. The second-order valence-corrected chi connectivity index (χ2v) is 11.4. The van der Waals surface area contributed by atoms with Gasteiger partial charge in [0.05, 0.1) is 34.9 Å². The van der Waals surface area contributed by atoms with Crippen molar-refractivity contribution in [3.8, 4) is 17.0 Å². The summed E-state index contributed by atoms with van der Waals surface area (Å²) in [5.41, 5.74) is 2.05. The predicted octanol–water partition coefficient (Wildman–Crippen LogP) is 4.04. The standard InChI is InChI=1S/C24H33N5O3S2/c1-14-20(29-23(25-14)33-21(26-29)24(2,3)22(31)28(4)5)15-7-12-18(32-6)19(13-15)34-27-16-8-10-17(30)11-9-16/h7,12-13,16-17,27,30H,8-11H2,1-6H3/t16-,17+. The van der Waals surface area contributed by atoms with Crippen molar-refractivity contribution in [2.24, 2.45) is 0 Å². The maximum absolute atomic E-state index is 12.7. The van der Waals surface area contributed by atoms with Crippen molar-refractivity contribution in [3.05, 3.63) is 28.9 Å². The largest absolute Gasteiger partial charge is 0.496 e. The molecule has 4 rings (SSSR count). The van der Waals surface area contributed by atoms with E-state index in [0.717, 1.165) is 63.2 Å². The lowest BCUT2D eigenvalue weighted by Crippen LogP contribution is -2.39. The third kappa shape index (κ3) is 4.82. The molecule has 1 saturated carbocycles. The molecule has 1 aliphatic carbocycles. The Bertz CT molecular complexity index is 1180. The number of rotatable bonds is 7. The minimum atomic E-state index is -0.738. The van der Waals surface area contributed by atoms with Crippen LogP contribution in [-0.4, -0.2) is 63.9 Å². The lowest BCUT2D eigenvalue weighted by atomic mass is 9.93. The number of hydrogen-bond donors (Lipinski definition) is 2. The Morgan fingerprint density at radius 3 is 2.65 bits per heavy atom. The number of benzene rings is 1. The summed E-state index contributed by atoms with van der Waals surface area (Å²) in [6.45, 7) is 5.78. The molecule has 0 spiro atoms. The number of hydrogen-bond acceptors (Lipinski definition) is 8. The molecule has 184 valence electrons. The highest BCUT2D eigenvalue weighted by atomic mass is 32.2. The molecular weight excluding hydrogens is 470 g/mol. The van der Waals surface area contributed by atoms with Gasteiger partial charge in [0.25, 0.3) is 0 Å². The number of methoxy groups -OCH3 is 1. The van der Waals surface area contributed by atoms with E-state index in [4.69, 9.17) is 14.8 Å². The fraction of sp³-hybridized carbons (Fsp3) is 0.542. The molecule has 8 nitrogen and oxygen atoms in total. The number of ether oxygens (including phenoxy) is 1. The molecule has 2 N–H and O–H groups in total. The Balaban J connectivity index is 1.65. The van der Waals surface area contributed by atoms with Gasteiger partial charge in [0.15, 0.2) is 0 Å². The smallest absolute Gasteiger partial charge is 0.234 e. The van der Waals surface area contributed by atoms with E-state index >= 15 is 0 Å². The number of carbonyl (C=O) groups is 1. The molecule has 1 amide bonds. The van der Waals surface area contributed by atoms with Crippen LogP contribution in [0.2, 0.25) is 0 Å². The van der Waals surface area contributed by atoms with E-state index < -0.39 is 5.41 Å². The van der Waals surface area contributed by atoms with Crippen molar-refractivity contribution in [1.29, 1.82) is 0 Å². The molecule has 0 aliphatic heterocycles. The summed E-state index contributed by atoms with van der Waals surface area (Å²) in [5, 5.41) is 15.3. The zero-order valence-corrected chi connectivity index (χ0v) is 22.2. The van der Waals surface area contributed by atoms with E-state index in [1.165, 1.54) is 11.3 Å². The molecule has 0 atom stereocenters. The molecule has 1 aliphatic rings. The topological polar surface area (TPSA) is 92.0 Å². The Labute approximate surface area is 208 Å². The molecule has 34 heavy (non-hydrogen) atoms. The van der Waals surface area contributed by atoms with Gasteiger partial charge in [-0.15, -0.1) is 0 Å². The van der Waals surface area contributed by atoms with Crippen molar-refractivity contribution in [2.45, 2.75) is 68.9 Å². The van der Waals surface area contributed by atoms with E-state index in [0.29, 0.717) is 6.04 Å². The molecule has 0 unspecified atom stereocenters. The minimum absolute atomic E-state index is 0.00668. The van der Waals surface area contributed by atoms with Crippen molar-refractivity contribution >= 4 is 34.2 Å². The SMILES string of the molecule is COc1ccc(-c2c(C)nc3sc(C(C)(C)C(=O)N(C)C)nn23)cc1SN[C@H]1CC[C@@H](O)CC1. The van der Waals surface area contributed by atoms with Crippen molar-refractivity contribution in [3.63, 3.8) is 0 Å². The highest BCUT2D eigenvalue weighted by Gasteiger charge is 2.35. The molecule has 10 heteroatoms. The summed E-state index contributed by atoms with van der Waals surface area (Å²) in [5.74, 6) is 0.805. The van der Waals surface area contributed by atoms with Gasteiger partial charge in [-0.05, 0) is 76.6 Å². The fourth-order valence-corrected chi connectivity index (χ4v) is 6.33. The summed E-state index contributed by atoms with van der Waals surface area (Å²) < 4.78 is 11.0. The number of likely N-dealkylation sites (N-methyl/N-ethyl adjacent to an activating group) is 1. The predicted molar refractivity (Wildman–Crippen MR) is 137 cm³/mol. The molecule has 2 heterocycles. The van der Waals surface area contributed by atoms with Crippen molar-refractivity contribution < 1.29 is 14.6 Å². The summed E-state index contributed by atoms with van der Waals surface area (Å²) in [7, 11) is 5.20. The van der Waals surface area contributed by atoms with Gasteiger partial charge in [-0.2, -0.15) is 5.10 Å². The van der Waals surface area contributed by atoms with Crippen LogP contribution < -0.4 is 9.46 Å². The Hall–Kier alpha value is -2.14. The number of fused-ring (bicyclic) bond motifs is 1. The molecule has 3 aromatic rings. The van der Waals surface area contributed by atoms with Crippen LogP contribution in [0.15, 0.2) is 23.1 Å². The van der Waals surface area contributed by atoms with Gasteiger partial charge in [0.1, 0.15) is 10.8 Å². The average molecular weight is 504 g/mol. The number of nitrogens with one attached hydrogen (secondary N) is 1. The van der Waals surface area contributed by atoms with Gasteiger partial charge in [0, 0.05) is 25.7 Å². The summed E-state index contributed by atoms with van der Waals surface area (Å²) >= 11 is 3.02. The van der Waals surface area contributed by atoms with Crippen LogP contribution in [0.25, 0.3) is 16.2 Å². The molecule has 1 aromatic carbocycles. The number of imidazole rings is 1. The normalized spacial score (nSPS) is 18.9. The molecule has 2 aromatic heterocycles. The van der Waals surface area contributed by atoms with Gasteiger partial charge >= 0.3 is 0 Å². The van der Waals surface area contributed by atoms with E-state index in [1.54, 1.807) is 38.1 Å². The fourth-order valence-electron chi connectivity index (χ4n) is 4.33. The number of amides is 1. The van der Waals surface area contributed by atoms with Crippen LogP contribution in [0.5, 0.6) is 5.75 Å². The summed E-state index contributed by atoms with van der Waals surface area (Å²) in [4.78, 5) is 20.8. The average Bonchev–Trinajstić information content (AvgIpc) is 3.35. The highest BCUT2D eigenvalue weighted by molar-refractivity contribution is 7.97. The first kappa shape index (κ1) is 25.0. The Morgan fingerprint density at radius 2 is 2.00 bits per heavy atom. The van der Waals surface area contributed by atoms with Gasteiger partial charge in [-0.25, -0.2) is 9.50 Å². The van der Waals surface area contributed by atoms with Crippen LogP contribution in [0, 0.1) is 6.92 Å². The number of nitrogens with zero attached hydrogens (tertiary/aromatic N) is 4. The van der Waals surface area contributed by atoms with Crippen LogP contribution in [0.3, 0.4) is 0 Å². The summed E-state index contributed by atoms with van der Waals surface area (Å²) in [6, 6.07) is 6.45.